The number of halogens is 2. The number of nitrogens with one attached hydrogen (secondary N) is 1. The van der Waals surface area contributed by atoms with E-state index in [9.17, 15) is 9.18 Å². The van der Waals surface area contributed by atoms with Crippen LogP contribution in [0.25, 0.3) is 0 Å². The fraction of sp³-hybridized carbons (Fsp3) is 0.480. The predicted octanol–water partition coefficient (Wildman–Crippen LogP) is 4.93. The van der Waals surface area contributed by atoms with Crippen LogP contribution in [0.5, 0.6) is 0 Å². The molecule has 4 nitrogen and oxygen atoms in total. The topological polar surface area (TPSA) is 35.6 Å². The minimum absolute atomic E-state index is 0.0291. The number of rotatable bonds is 5. The summed E-state index contributed by atoms with van der Waals surface area (Å²) in [7, 11) is 0. The smallest absolute Gasteiger partial charge is 0.244 e. The molecule has 1 unspecified atom stereocenters. The van der Waals surface area contributed by atoms with Crippen molar-refractivity contribution in [2.75, 3.05) is 24.5 Å². The Hall–Kier alpha value is -1.95. The second-order valence-electron chi connectivity index (χ2n) is 8.89. The molecule has 3 atom stereocenters. The van der Waals surface area contributed by atoms with Crippen LogP contribution in [0.1, 0.15) is 48.1 Å². The van der Waals surface area contributed by atoms with Crippen molar-refractivity contribution in [2.45, 2.75) is 58.7 Å². The lowest BCUT2D eigenvalue weighted by Gasteiger charge is -2.30. The van der Waals surface area contributed by atoms with Gasteiger partial charge in [-0.1, -0.05) is 42.3 Å². The van der Waals surface area contributed by atoms with Crippen molar-refractivity contribution in [2.24, 2.45) is 0 Å². The maximum atomic E-state index is 14.2. The first-order valence-electron chi connectivity index (χ1n) is 11.1. The number of likely N-dealkylation sites (N-methyl/N-ethyl adjacent to an activating group) is 1. The summed E-state index contributed by atoms with van der Waals surface area (Å²) in [6.45, 7) is 10.9. The van der Waals surface area contributed by atoms with Gasteiger partial charge in [0.15, 0.2) is 0 Å². The van der Waals surface area contributed by atoms with Crippen molar-refractivity contribution in [1.82, 2.24) is 10.2 Å². The van der Waals surface area contributed by atoms with Crippen molar-refractivity contribution in [3.8, 4) is 0 Å². The van der Waals surface area contributed by atoms with Gasteiger partial charge in [0.05, 0.1) is 17.1 Å². The number of hydrogen-bond donors (Lipinski definition) is 1. The third-order valence-corrected chi connectivity index (χ3v) is 7.03. The van der Waals surface area contributed by atoms with Crippen LogP contribution < -0.4 is 10.2 Å². The molecule has 0 aliphatic carbocycles. The van der Waals surface area contributed by atoms with Gasteiger partial charge in [0.1, 0.15) is 5.82 Å². The minimum Gasteiger partial charge on any atom is -0.310 e. The number of carbonyl (C=O) groups is 1. The number of likely N-dealkylation sites (tertiary alicyclic amines) is 1. The quantitative estimate of drug-likeness (QED) is 0.711. The SMILES string of the molecule is CCN1CC[C@@H](NC2CCN(c3c(C)cc(C)cc3C)C2=O)[C@@H]1c1ccc(Cl)c(F)c1. The Morgan fingerprint density at radius 3 is 2.45 bits per heavy atom. The number of benzene rings is 2. The highest BCUT2D eigenvalue weighted by atomic mass is 35.5. The largest absolute Gasteiger partial charge is 0.310 e. The monoisotopic (exact) mass is 443 g/mol. The van der Waals surface area contributed by atoms with E-state index in [2.05, 4.69) is 50.0 Å². The van der Waals surface area contributed by atoms with Crippen LogP contribution in [0.15, 0.2) is 30.3 Å². The van der Waals surface area contributed by atoms with Gasteiger partial charge in [-0.05, 0) is 69.0 Å². The molecule has 2 aliphatic heterocycles. The van der Waals surface area contributed by atoms with E-state index in [0.717, 1.165) is 48.3 Å². The third kappa shape index (κ3) is 4.23. The van der Waals surface area contributed by atoms with Crippen LogP contribution in [-0.4, -0.2) is 42.5 Å². The maximum Gasteiger partial charge on any atom is 0.244 e. The van der Waals surface area contributed by atoms with Gasteiger partial charge in [-0.3, -0.25) is 9.69 Å². The molecule has 2 heterocycles. The fourth-order valence-corrected chi connectivity index (χ4v) is 5.56. The van der Waals surface area contributed by atoms with Gasteiger partial charge in [-0.15, -0.1) is 0 Å². The predicted molar refractivity (Wildman–Crippen MR) is 124 cm³/mol. The van der Waals surface area contributed by atoms with E-state index in [1.165, 1.54) is 11.6 Å². The molecule has 0 bridgehead atoms. The summed E-state index contributed by atoms with van der Waals surface area (Å²) in [6.07, 6.45) is 1.70. The van der Waals surface area contributed by atoms with E-state index in [1.807, 2.05) is 11.0 Å². The second kappa shape index (κ2) is 8.89. The molecule has 166 valence electrons. The highest BCUT2D eigenvalue weighted by Gasteiger charge is 2.40. The molecule has 0 spiro atoms. The Labute approximate surface area is 189 Å². The molecule has 2 saturated heterocycles. The average molecular weight is 444 g/mol. The molecule has 31 heavy (non-hydrogen) atoms. The summed E-state index contributed by atoms with van der Waals surface area (Å²) in [5.74, 6) is -0.264. The lowest BCUT2D eigenvalue weighted by atomic mass is 9.98. The van der Waals surface area contributed by atoms with Crippen LogP contribution in [0.4, 0.5) is 10.1 Å². The molecule has 2 aliphatic rings. The van der Waals surface area contributed by atoms with Gasteiger partial charge >= 0.3 is 0 Å². The Bertz CT molecular complexity index is 972. The van der Waals surface area contributed by atoms with Crippen LogP contribution in [0.3, 0.4) is 0 Å². The number of amides is 1. The molecule has 1 amide bonds. The molecule has 2 aromatic rings. The Morgan fingerprint density at radius 1 is 1.10 bits per heavy atom. The summed E-state index contributed by atoms with van der Waals surface area (Å²) >= 11 is 5.91. The first kappa shape index (κ1) is 22.3. The summed E-state index contributed by atoms with van der Waals surface area (Å²) in [4.78, 5) is 17.6. The van der Waals surface area contributed by atoms with Crippen LogP contribution in [0.2, 0.25) is 5.02 Å². The van der Waals surface area contributed by atoms with E-state index >= 15 is 0 Å². The molecule has 2 aromatic carbocycles. The van der Waals surface area contributed by atoms with E-state index < -0.39 is 5.82 Å². The van der Waals surface area contributed by atoms with E-state index in [4.69, 9.17) is 11.6 Å². The molecular formula is C25H31ClFN3O. The standard InChI is InChI=1S/C25H31ClFN3O/c1-5-29-10-8-21(24(29)18-6-7-19(26)20(27)14-18)28-22-9-11-30(25(22)31)23-16(3)12-15(2)13-17(23)4/h6-7,12-14,21-22,24,28H,5,8-11H2,1-4H3/t21-,22?,24+/m1/s1. The summed E-state index contributed by atoms with van der Waals surface area (Å²) in [6, 6.07) is 9.24. The van der Waals surface area contributed by atoms with Crippen molar-refractivity contribution >= 4 is 23.2 Å². The van der Waals surface area contributed by atoms with Crippen LogP contribution >= 0.6 is 11.6 Å². The van der Waals surface area contributed by atoms with Gasteiger partial charge in [0.2, 0.25) is 5.91 Å². The van der Waals surface area contributed by atoms with E-state index in [0.29, 0.717) is 6.54 Å². The van der Waals surface area contributed by atoms with Crippen molar-refractivity contribution in [3.05, 3.63) is 63.4 Å². The highest BCUT2D eigenvalue weighted by molar-refractivity contribution is 6.30. The lowest BCUT2D eigenvalue weighted by Crippen LogP contribution is -2.46. The van der Waals surface area contributed by atoms with E-state index in [-0.39, 0.29) is 29.1 Å². The molecule has 2 fully saturated rings. The minimum atomic E-state index is -0.394. The molecule has 0 radical (unpaired) electrons. The third-order valence-electron chi connectivity index (χ3n) is 6.72. The number of hydrogen-bond acceptors (Lipinski definition) is 3. The molecule has 6 heteroatoms. The zero-order chi connectivity index (χ0) is 22.3. The highest BCUT2D eigenvalue weighted by Crippen LogP contribution is 2.35. The first-order chi connectivity index (χ1) is 14.8. The molecular weight excluding hydrogens is 413 g/mol. The van der Waals surface area contributed by atoms with Crippen molar-refractivity contribution in [1.29, 1.82) is 0 Å². The van der Waals surface area contributed by atoms with Crippen LogP contribution in [0, 0.1) is 26.6 Å². The molecule has 4 rings (SSSR count). The zero-order valence-corrected chi connectivity index (χ0v) is 19.5. The average Bonchev–Trinajstić information content (AvgIpc) is 3.28. The number of aryl methyl sites for hydroxylation is 3. The van der Waals surface area contributed by atoms with Crippen molar-refractivity contribution in [3.63, 3.8) is 0 Å². The van der Waals surface area contributed by atoms with E-state index in [1.54, 1.807) is 6.07 Å². The second-order valence-corrected chi connectivity index (χ2v) is 9.29. The first-order valence-corrected chi connectivity index (χ1v) is 11.5. The summed E-state index contributed by atoms with van der Waals surface area (Å²) in [5.41, 5.74) is 5.44. The van der Waals surface area contributed by atoms with Gasteiger partial charge in [0.25, 0.3) is 0 Å². The fourth-order valence-electron chi connectivity index (χ4n) is 5.44. The molecule has 0 saturated carbocycles. The zero-order valence-electron chi connectivity index (χ0n) is 18.7. The Kier molecular flexibility index (Phi) is 6.38. The Morgan fingerprint density at radius 2 is 1.81 bits per heavy atom. The van der Waals surface area contributed by atoms with Gasteiger partial charge in [0, 0.05) is 24.8 Å². The maximum absolute atomic E-state index is 14.2. The van der Waals surface area contributed by atoms with Crippen LogP contribution in [-0.2, 0) is 4.79 Å². The summed E-state index contributed by atoms with van der Waals surface area (Å²) in [5, 5.41) is 3.77. The van der Waals surface area contributed by atoms with Gasteiger partial charge in [-0.25, -0.2) is 4.39 Å². The Balaban J connectivity index is 1.54. The number of nitrogens with zero attached hydrogens (tertiary/aromatic N) is 2. The number of anilines is 1. The van der Waals surface area contributed by atoms with Crippen molar-refractivity contribution < 1.29 is 9.18 Å². The van der Waals surface area contributed by atoms with Gasteiger partial charge in [-0.2, -0.15) is 0 Å². The summed E-state index contributed by atoms with van der Waals surface area (Å²) < 4.78 is 14.2. The molecule has 0 aromatic heterocycles. The normalized spacial score (nSPS) is 24.4. The number of carbonyl (C=O) groups excluding carboxylic acids is 1. The van der Waals surface area contributed by atoms with Gasteiger partial charge < -0.3 is 10.2 Å². The lowest BCUT2D eigenvalue weighted by molar-refractivity contribution is -0.119. The molecule has 1 N–H and O–H groups in total.